The molecule has 7 aromatic rings. The van der Waals surface area contributed by atoms with Crippen molar-refractivity contribution in [1.29, 1.82) is 0 Å². The maximum absolute atomic E-state index is 2.40. The normalized spacial score (nSPS) is 12.0. The van der Waals surface area contributed by atoms with Crippen LogP contribution in [0.2, 0.25) is 0 Å². The monoisotopic (exact) mass is 378 g/mol. The molecule has 0 spiro atoms. The number of hydrogen-bond donors (Lipinski definition) is 0. The molecule has 0 bridgehead atoms. The van der Waals surface area contributed by atoms with Gasteiger partial charge in [0.05, 0.1) is 0 Å². The number of fused-ring (bicyclic) bond motifs is 10. The lowest BCUT2D eigenvalue weighted by atomic mass is 9.92. The number of benzene rings is 7. The van der Waals surface area contributed by atoms with E-state index in [0.717, 1.165) is 0 Å². The fourth-order valence-corrected chi connectivity index (χ4v) is 5.14. The molecule has 0 aliphatic carbocycles. The van der Waals surface area contributed by atoms with Crippen molar-refractivity contribution in [3.63, 3.8) is 0 Å². The molecule has 0 unspecified atom stereocenters. The molecule has 30 heavy (non-hydrogen) atoms. The maximum Gasteiger partial charge on any atom is -0.00986 e. The summed E-state index contributed by atoms with van der Waals surface area (Å²) in [5.41, 5.74) is 0. The van der Waals surface area contributed by atoms with Gasteiger partial charge in [0.2, 0.25) is 0 Å². The molecule has 0 saturated carbocycles. The molecule has 138 valence electrons. The molecule has 0 heteroatoms. The Balaban J connectivity index is 1.67. The van der Waals surface area contributed by atoms with Crippen molar-refractivity contribution in [1.82, 2.24) is 0 Å². The maximum atomic E-state index is 2.40. The van der Waals surface area contributed by atoms with Gasteiger partial charge in [-0.25, -0.2) is 0 Å². The van der Waals surface area contributed by atoms with Crippen molar-refractivity contribution < 1.29 is 0 Å². The Kier molecular flexibility index (Phi) is 3.09. The Morgan fingerprint density at radius 3 is 1.13 bits per heavy atom. The zero-order chi connectivity index (χ0) is 19.7. The molecule has 7 aromatic carbocycles. The quantitative estimate of drug-likeness (QED) is 0.183. The topological polar surface area (TPSA) is 0 Å². The molecular weight excluding hydrogens is 360 g/mol. The second-order valence-electron chi connectivity index (χ2n) is 8.19. The van der Waals surface area contributed by atoms with Gasteiger partial charge in [-0.1, -0.05) is 97.1 Å². The van der Waals surface area contributed by atoms with E-state index in [1.54, 1.807) is 0 Å². The average Bonchev–Trinajstić information content (AvgIpc) is 2.82. The van der Waals surface area contributed by atoms with Crippen molar-refractivity contribution in [2.24, 2.45) is 0 Å². The highest BCUT2D eigenvalue weighted by Gasteiger charge is 2.09. The molecule has 0 heterocycles. The van der Waals surface area contributed by atoms with Crippen LogP contribution in [0.15, 0.2) is 109 Å². The number of hydrogen-bond acceptors (Lipinski definition) is 0. The molecule has 0 N–H and O–H groups in total. The van der Waals surface area contributed by atoms with Crippen LogP contribution in [0.4, 0.5) is 0 Å². The Hall–Kier alpha value is -3.90. The Bertz CT molecular complexity index is 1660. The lowest BCUT2D eigenvalue weighted by Crippen LogP contribution is -1.84. The SMILES string of the molecule is c1ccc2c(c1)ccc1c3cc4c(ccc5c6ccccc6ccc45)cc3ccc21. The first kappa shape index (κ1) is 16.0. The highest BCUT2D eigenvalue weighted by atomic mass is 14.1. The standard InChI is InChI=1S/C30H18/c1-3-7-23-19(5-1)9-13-27-25(23)15-11-21-17-22-12-16-26-24-8-4-2-6-20(24)10-14-28(26)30(22)18-29(21)27/h1-18H. The van der Waals surface area contributed by atoms with E-state index in [1.807, 2.05) is 0 Å². The van der Waals surface area contributed by atoms with E-state index in [2.05, 4.69) is 109 Å². The summed E-state index contributed by atoms with van der Waals surface area (Å²) in [4.78, 5) is 0. The average molecular weight is 378 g/mol. The summed E-state index contributed by atoms with van der Waals surface area (Å²) in [5, 5.41) is 15.8. The fraction of sp³-hybridized carbons (Fsp3) is 0. The third kappa shape index (κ3) is 2.11. The van der Waals surface area contributed by atoms with E-state index in [0.29, 0.717) is 0 Å². The minimum Gasteiger partial charge on any atom is -0.0616 e. The lowest BCUT2D eigenvalue weighted by molar-refractivity contribution is 1.78. The van der Waals surface area contributed by atoms with Gasteiger partial charge in [-0.3, -0.25) is 0 Å². The lowest BCUT2D eigenvalue weighted by Gasteiger charge is -2.11. The summed E-state index contributed by atoms with van der Waals surface area (Å²) in [6, 6.07) is 40.2. The van der Waals surface area contributed by atoms with Gasteiger partial charge in [0.15, 0.2) is 0 Å². The predicted octanol–water partition coefficient (Wildman–Crippen LogP) is 8.61. The number of rotatable bonds is 0. The minimum atomic E-state index is 1.29. The molecule has 0 nitrogen and oxygen atoms in total. The summed E-state index contributed by atoms with van der Waals surface area (Å²) in [7, 11) is 0. The van der Waals surface area contributed by atoms with Crippen LogP contribution in [0, 0.1) is 0 Å². The summed E-state index contributed by atoms with van der Waals surface area (Å²) in [5.74, 6) is 0. The molecular formula is C30H18. The molecule has 0 atom stereocenters. The molecule has 0 radical (unpaired) electrons. The second kappa shape index (κ2) is 5.81. The van der Waals surface area contributed by atoms with Crippen molar-refractivity contribution in [2.45, 2.75) is 0 Å². The van der Waals surface area contributed by atoms with Crippen LogP contribution in [0.1, 0.15) is 0 Å². The molecule has 0 fully saturated rings. The summed E-state index contributed by atoms with van der Waals surface area (Å²) >= 11 is 0. The van der Waals surface area contributed by atoms with Crippen LogP contribution in [0.5, 0.6) is 0 Å². The predicted molar refractivity (Wildman–Crippen MR) is 131 cm³/mol. The van der Waals surface area contributed by atoms with Crippen LogP contribution in [-0.4, -0.2) is 0 Å². The summed E-state index contributed by atoms with van der Waals surface area (Å²) in [6.07, 6.45) is 0. The van der Waals surface area contributed by atoms with E-state index in [9.17, 15) is 0 Å². The first-order valence-electron chi connectivity index (χ1n) is 10.5. The van der Waals surface area contributed by atoms with Crippen LogP contribution < -0.4 is 0 Å². The van der Waals surface area contributed by atoms with Gasteiger partial charge >= 0.3 is 0 Å². The first-order chi connectivity index (χ1) is 14.9. The zero-order valence-electron chi connectivity index (χ0n) is 16.4. The van der Waals surface area contributed by atoms with E-state index >= 15 is 0 Å². The molecule has 7 rings (SSSR count). The van der Waals surface area contributed by atoms with Crippen LogP contribution in [0.3, 0.4) is 0 Å². The highest BCUT2D eigenvalue weighted by molar-refractivity contribution is 6.23. The van der Waals surface area contributed by atoms with Gasteiger partial charge in [-0.15, -0.1) is 0 Å². The van der Waals surface area contributed by atoms with Gasteiger partial charge in [0.25, 0.3) is 0 Å². The van der Waals surface area contributed by atoms with Gasteiger partial charge in [0, 0.05) is 0 Å². The third-order valence-electron chi connectivity index (χ3n) is 6.60. The first-order valence-corrected chi connectivity index (χ1v) is 10.5. The van der Waals surface area contributed by atoms with Crippen molar-refractivity contribution in [2.75, 3.05) is 0 Å². The summed E-state index contributed by atoms with van der Waals surface area (Å²) < 4.78 is 0. The Morgan fingerprint density at radius 1 is 0.233 bits per heavy atom. The van der Waals surface area contributed by atoms with Crippen molar-refractivity contribution in [3.8, 4) is 0 Å². The van der Waals surface area contributed by atoms with Gasteiger partial charge in [-0.05, 0) is 76.8 Å². The van der Waals surface area contributed by atoms with Gasteiger partial charge in [0.1, 0.15) is 0 Å². The third-order valence-corrected chi connectivity index (χ3v) is 6.60. The smallest absolute Gasteiger partial charge is 0.00986 e. The molecule has 0 aliphatic heterocycles. The Labute approximate surface area is 174 Å². The van der Waals surface area contributed by atoms with Crippen LogP contribution >= 0.6 is 0 Å². The highest BCUT2D eigenvalue weighted by Crippen LogP contribution is 2.37. The van der Waals surface area contributed by atoms with Gasteiger partial charge in [-0.2, -0.15) is 0 Å². The largest absolute Gasteiger partial charge is 0.0616 e. The summed E-state index contributed by atoms with van der Waals surface area (Å²) in [6.45, 7) is 0. The van der Waals surface area contributed by atoms with Gasteiger partial charge < -0.3 is 0 Å². The molecule has 0 amide bonds. The van der Waals surface area contributed by atoms with E-state index in [4.69, 9.17) is 0 Å². The Morgan fingerprint density at radius 2 is 0.633 bits per heavy atom. The van der Waals surface area contributed by atoms with Crippen LogP contribution in [-0.2, 0) is 0 Å². The molecule has 0 saturated heterocycles. The van der Waals surface area contributed by atoms with E-state index in [-0.39, 0.29) is 0 Å². The van der Waals surface area contributed by atoms with E-state index < -0.39 is 0 Å². The van der Waals surface area contributed by atoms with E-state index in [1.165, 1.54) is 64.6 Å². The zero-order valence-corrected chi connectivity index (χ0v) is 16.4. The van der Waals surface area contributed by atoms with Crippen molar-refractivity contribution in [3.05, 3.63) is 109 Å². The second-order valence-corrected chi connectivity index (χ2v) is 8.19. The minimum absolute atomic E-state index is 1.29. The molecule has 0 aliphatic rings. The fourth-order valence-electron chi connectivity index (χ4n) is 5.14. The van der Waals surface area contributed by atoms with Crippen molar-refractivity contribution >= 4 is 64.6 Å². The molecule has 0 aromatic heterocycles. The van der Waals surface area contributed by atoms with Crippen LogP contribution in [0.25, 0.3) is 64.6 Å².